The van der Waals surface area contributed by atoms with Gasteiger partial charge >= 0.3 is 0 Å². The monoisotopic (exact) mass is 411 g/mol. The van der Waals surface area contributed by atoms with Crippen molar-refractivity contribution in [3.63, 3.8) is 0 Å². The Bertz CT molecular complexity index is 978. The summed E-state index contributed by atoms with van der Waals surface area (Å²) in [5.41, 5.74) is 1.28. The summed E-state index contributed by atoms with van der Waals surface area (Å²) >= 11 is 8.64. The molecule has 0 unspecified atom stereocenters. The Kier molecular flexibility index (Phi) is 5.71. The van der Waals surface area contributed by atoms with Gasteiger partial charge in [-0.2, -0.15) is 11.3 Å². The number of rotatable bonds is 7. The van der Waals surface area contributed by atoms with Gasteiger partial charge in [0.2, 0.25) is 15.8 Å². The van der Waals surface area contributed by atoms with Gasteiger partial charge in [0, 0.05) is 27.4 Å². The molecule has 0 spiro atoms. The normalized spacial score (nSPS) is 11.6. The van der Waals surface area contributed by atoms with Gasteiger partial charge in [-0.15, -0.1) is 11.3 Å². The Balaban J connectivity index is 1.62. The molecule has 0 amide bonds. The van der Waals surface area contributed by atoms with Gasteiger partial charge in [-0.3, -0.25) is 4.79 Å². The molecule has 0 aliphatic rings. The fraction of sp³-hybridized carbons (Fsp3) is 0.118. The lowest BCUT2D eigenvalue weighted by Gasteiger charge is -2.06. The lowest BCUT2D eigenvalue weighted by molar-refractivity contribution is 0.104. The zero-order valence-electron chi connectivity index (χ0n) is 12.9. The molecule has 8 heteroatoms. The van der Waals surface area contributed by atoms with Gasteiger partial charge in [-0.05, 0) is 41.3 Å². The van der Waals surface area contributed by atoms with E-state index in [1.54, 1.807) is 47.8 Å². The second-order valence-electron chi connectivity index (χ2n) is 5.32. The Morgan fingerprint density at radius 2 is 2.00 bits per heavy atom. The van der Waals surface area contributed by atoms with Crippen LogP contribution in [0.15, 0.2) is 53.2 Å². The highest BCUT2D eigenvalue weighted by molar-refractivity contribution is 7.88. The van der Waals surface area contributed by atoms with Gasteiger partial charge in [-0.1, -0.05) is 23.7 Å². The molecule has 1 N–H and O–H groups in total. The summed E-state index contributed by atoms with van der Waals surface area (Å²) in [4.78, 5) is 13.6. The summed E-state index contributed by atoms with van der Waals surface area (Å²) in [6.45, 7) is 0.157. The van der Waals surface area contributed by atoms with Crippen LogP contribution in [0.25, 0.3) is 0 Å². The van der Waals surface area contributed by atoms with Crippen LogP contribution in [-0.4, -0.2) is 14.2 Å². The molecule has 3 rings (SSSR count). The summed E-state index contributed by atoms with van der Waals surface area (Å²) in [5, 5.41) is 4.16. The molecular formula is C17H14ClNO3S3. The largest absolute Gasteiger partial charge is 0.288 e. The molecule has 2 heterocycles. The van der Waals surface area contributed by atoms with E-state index in [4.69, 9.17) is 11.6 Å². The third-order valence-corrected chi connectivity index (χ3v) is 6.68. The Labute approximate surface area is 159 Å². The zero-order chi connectivity index (χ0) is 17.9. The fourth-order valence-electron chi connectivity index (χ4n) is 2.21. The van der Waals surface area contributed by atoms with Crippen molar-refractivity contribution >= 4 is 50.1 Å². The first-order valence-corrected chi connectivity index (χ1v) is 11.1. The number of nitrogens with one attached hydrogen (secondary N) is 1. The van der Waals surface area contributed by atoms with Crippen molar-refractivity contribution in [1.29, 1.82) is 0 Å². The van der Waals surface area contributed by atoms with Crippen molar-refractivity contribution < 1.29 is 13.2 Å². The summed E-state index contributed by atoms with van der Waals surface area (Å²) in [6, 6.07) is 12.0. The van der Waals surface area contributed by atoms with Crippen LogP contribution >= 0.6 is 34.3 Å². The second kappa shape index (κ2) is 7.80. The van der Waals surface area contributed by atoms with E-state index in [1.165, 1.54) is 22.7 Å². The number of ketones is 1. The van der Waals surface area contributed by atoms with Crippen LogP contribution in [0.1, 0.15) is 25.7 Å². The Hall–Kier alpha value is -1.51. The fourth-order valence-corrected chi connectivity index (χ4v) is 5.15. The van der Waals surface area contributed by atoms with Gasteiger partial charge < -0.3 is 0 Å². The molecule has 0 aliphatic carbocycles. The molecule has 0 atom stereocenters. The van der Waals surface area contributed by atoms with Crippen LogP contribution in [-0.2, 0) is 22.3 Å². The minimum Gasteiger partial charge on any atom is -0.288 e. The molecule has 4 nitrogen and oxygen atoms in total. The van der Waals surface area contributed by atoms with Crippen LogP contribution < -0.4 is 4.72 Å². The predicted octanol–water partition coefficient (Wildman–Crippen LogP) is 4.31. The predicted molar refractivity (Wildman–Crippen MR) is 103 cm³/mol. The highest BCUT2D eigenvalue weighted by Gasteiger charge is 2.15. The summed E-state index contributed by atoms with van der Waals surface area (Å²) in [6.07, 6.45) is 0. The van der Waals surface area contributed by atoms with E-state index in [0.29, 0.717) is 21.0 Å². The first-order valence-electron chi connectivity index (χ1n) is 7.30. The van der Waals surface area contributed by atoms with Gasteiger partial charge in [-0.25, -0.2) is 13.1 Å². The van der Waals surface area contributed by atoms with E-state index in [1.807, 2.05) is 5.38 Å². The summed E-state index contributed by atoms with van der Waals surface area (Å²) < 4.78 is 27.0. The van der Waals surface area contributed by atoms with Crippen LogP contribution in [0.5, 0.6) is 0 Å². The van der Waals surface area contributed by atoms with E-state index in [-0.39, 0.29) is 18.1 Å². The third-order valence-electron chi connectivity index (χ3n) is 3.38. The Morgan fingerprint density at radius 1 is 1.16 bits per heavy atom. The van der Waals surface area contributed by atoms with E-state index >= 15 is 0 Å². The zero-order valence-corrected chi connectivity index (χ0v) is 16.1. The maximum Gasteiger partial charge on any atom is 0.216 e. The first-order chi connectivity index (χ1) is 11.9. The van der Waals surface area contributed by atoms with Gasteiger partial charge in [0.25, 0.3) is 0 Å². The number of hydrogen-bond donors (Lipinski definition) is 1. The third kappa shape index (κ3) is 4.99. The van der Waals surface area contributed by atoms with Crippen LogP contribution in [0.2, 0.25) is 5.02 Å². The number of carbonyl (C=O) groups excluding carboxylic acids is 1. The smallest absolute Gasteiger partial charge is 0.216 e. The standard InChI is InChI=1S/C17H14ClNO3S3/c18-14-3-1-2-12(8-14)11-25(21,22)19-9-15-4-5-16(24-15)17(20)13-6-7-23-10-13/h1-8,10,19H,9,11H2. The minimum absolute atomic E-state index is 0.0423. The van der Waals surface area contributed by atoms with E-state index in [2.05, 4.69) is 4.72 Å². The SMILES string of the molecule is O=C(c1ccsc1)c1ccc(CNS(=O)(=O)Cc2cccc(Cl)c2)s1. The number of carbonyl (C=O) groups is 1. The lowest BCUT2D eigenvalue weighted by atomic mass is 10.2. The molecule has 0 aliphatic heterocycles. The minimum atomic E-state index is -3.49. The average molecular weight is 412 g/mol. The van der Waals surface area contributed by atoms with Crippen molar-refractivity contribution in [1.82, 2.24) is 4.72 Å². The highest BCUT2D eigenvalue weighted by Crippen LogP contribution is 2.21. The van der Waals surface area contributed by atoms with Crippen molar-refractivity contribution in [3.05, 3.63) is 79.1 Å². The average Bonchev–Trinajstić information content (AvgIpc) is 3.24. The highest BCUT2D eigenvalue weighted by atomic mass is 35.5. The molecule has 25 heavy (non-hydrogen) atoms. The van der Waals surface area contributed by atoms with Crippen LogP contribution in [0, 0.1) is 0 Å². The number of hydrogen-bond acceptors (Lipinski definition) is 5. The molecular weight excluding hydrogens is 398 g/mol. The Morgan fingerprint density at radius 3 is 2.72 bits per heavy atom. The first kappa shape index (κ1) is 18.3. The van der Waals surface area contributed by atoms with Gasteiger partial charge in [0.05, 0.1) is 10.6 Å². The van der Waals surface area contributed by atoms with E-state index in [9.17, 15) is 13.2 Å². The molecule has 1 aromatic carbocycles. The summed E-state index contributed by atoms with van der Waals surface area (Å²) in [7, 11) is -3.49. The molecule has 0 fully saturated rings. The number of halogens is 1. The van der Waals surface area contributed by atoms with Gasteiger partial charge in [0.1, 0.15) is 0 Å². The number of benzene rings is 1. The van der Waals surface area contributed by atoms with Crippen molar-refractivity contribution in [2.45, 2.75) is 12.3 Å². The number of sulfonamides is 1. The quantitative estimate of drug-likeness (QED) is 0.589. The molecule has 130 valence electrons. The van der Waals surface area contributed by atoms with Crippen molar-refractivity contribution in [2.24, 2.45) is 0 Å². The second-order valence-corrected chi connectivity index (χ2v) is 9.51. The maximum absolute atomic E-state index is 12.3. The van der Waals surface area contributed by atoms with Crippen molar-refractivity contribution in [2.75, 3.05) is 0 Å². The maximum atomic E-state index is 12.3. The molecule has 2 aromatic heterocycles. The van der Waals surface area contributed by atoms with E-state index < -0.39 is 10.0 Å². The van der Waals surface area contributed by atoms with Gasteiger partial charge in [0.15, 0.2) is 0 Å². The summed E-state index contributed by atoms with van der Waals surface area (Å²) in [5.74, 6) is -0.182. The molecule has 3 aromatic rings. The molecule has 0 saturated heterocycles. The molecule has 0 bridgehead atoms. The molecule has 0 radical (unpaired) electrons. The topological polar surface area (TPSA) is 63.2 Å². The van der Waals surface area contributed by atoms with Crippen molar-refractivity contribution in [3.8, 4) is 0 Å². The van der Waals surface area contributed by atoms with E-state index in [0.717, 1.165) is 4.88 Å². The molecule has 0 saturated carbocycles. The lowest BCUT2D eigenvalue weighted by Crippen LogP contribution is -2.24. The number of thiophene rings is 2. The van der Waals surface area contributed by atoms with Crippen LogP contribution in [0.3, 0.4) is 0 Å². The van der Waals surface area contributed by atoms with Crippen LogP contribution in [0.4, 0.5) is 0 Å².